The molecule has 12 heavy (non-hydrogen) atoms. The van der Waals surface area contributed by atoms with Crippen LogP contribution in [0.3, 0.4) is 0 Å². The van der Waals surface area contributed by atoms with Gasteiger partial charge in [0.05, 0.1) is 8.07 Å². The first-order valence-electron chi connectivity index (χ1n) is 4.33. The number of aliphatic carboxylic acids is 1. The molecule has 0 radical (unpaired) electrons. The molecule has 0 aromatic carbocycles. The van der Waals surface area contributed by atoms with E-state index < -0.39 is 14.0 Å². The summed E-state index contributed by atoms with van der Waals surface area (Å²) in [6.07, 6.45) is 2.14. The Hall–Kier alpha value is -0.573. The van der Waals surface area contributed by atoms with Gasteiger partial charge < -0.3 is 5.11 Å². The highest BCUT2D eigenvalue weighted by molar-refractivity contribution is 6.82. The summed E-state index contributed by atoms with van der Waals surface area (Å²) < 4.78 is 0. The number of carboxylic acid groups (broad SMARTS) is 1. The molecule has 0 aliphatic carbocycles. The van der Waals surface area contributed by atoms with Crippen LogP contribution in [-0.4, -0.2) is 19.1 Å². The van der Waals surface area contributed by atoms with Gasteiger partial charge in [-0.1, -0.05) is 25.6 Å². The normalized spacial score (nSPS) is 11.2. The molecule has 2 nitrogen and oxygen atoms in total. The molecule has 70 valence electrons. The summed E-state index contributed by atoms with van der Waals surface area (Å²) in [7, 11) is -1.18. The molecule has 0 unspecified atom stereocenters. The molecule has 0 fully saturated rings. The first kappa shape index (κ1) is 11.4. The Morgan fingerprint density at radius 2 is 2.08 bits per heavy atom. The third-order valence-corrected chi connectivity index (χ3v) is 4.76. The van der Waals surface area contributed by atoms with Crippen LogP contribution in [0.15, 0.2) is 12.3 Å². The molecular formula is C9H18O2Si. The molecule has 0 atom stereocenters. The minimum Gasteiger partial charge on any atom is -0.481 e. The third kappa shape index (κ3) is 6.16. The van der Waals surface area contributed by atoms with E-state index >= 15 is 0 Å². The van der Waals surface area contributed by atoms with Crippen molar-refractivity contribution in [2.45, 2.75) is 38.4 Å². The Morgan fingerprint density at radius 1 is 1.50 bits per heavy atom. The maximum atomic E-state index is 10.2. The van der Waals surface area contributed by atoms with Gasteiger partial charge in [-0.3, -0.25) is 4.79 Å². The smallest absolute Gasteiger partial charge is 0.303 e. The van der Waals surface area contributed by atoms with Crippen molar-refractivity contribution < 1.29 is 9.90 Å². The van der Waals surface area contributed by atoms with Crippen molar-refractivity contribution in [3.63, 3.8) is 0 Å². The topological polar surface area (TPSA) is 37.3 Å². The first-order chi connectivity index (χ1) is 5.48. The van der Waals surface area contributed by atoms with E-state index in [0.717, 1.165) is 18.9 Å². The lowest BCUT2D eigenvalue weighted by molar-refractivity contribution is -0.137. The zero-order valence-electron chi connectivity index (χ0n) is 7.97. The molecule has 0 aliphatic heterocycles. The monoisotopic (exact) mass is 186 g/mol. The van der Waals surface area contributed by atoms with E-state index in [9.17, 15) is 4.79 Å². The summed E-state index contributed by atoms with van der Waals surface area (Å²) >= 11 is 0. The fourth-order valence-electron chi connectivity index (χ4n) is 0.959. The molecule has 1 N–H and O–H groups in total. The van der Waals surface area contributed by atoms with E-state index in [0.29, 0.717) is 6.42 Å². The van der Waals surface area contributed by atoms with Crippen molar-refractivity contribution >= 4 is 14.0 Å². The van der Waals surface area contributed by atoms with E-state index in [2.05, 4.69) is 25.4 Å². The second-order valence-electron chi connectivity index (χ2n) is 3.79. The predicted octanol–water partition coefficient (Wildman–Crippen LogP) is 2.67. The molecule has 0 saturated heterocycles. The van der Waals surface area contributed by atoms with Gasteiger partial charge in [-0.15, -0.1) is 12.3 Å². The summed E-state index contributed by atoms with van der Waals surface area (Å²) in [5.41, 5.74) is 2.06. The molecule has 0 spiro atoms. The number of rotatable bonds is 6. The van der Waals surface area contributed by atoms with Crippen LogP contribution >= 0.6 is 0 Å². The van der Waals surface area contributed by atoms with Crippen LogP contribution < -0.4 is 0 Å². The highest BCUT2D eigenvalue weighted by Crippen LogP contribution is 2.14. The average Bonchev–Trinajstić information content (AvgIpc) is 1.98. The molecular weight excluding hydrogens is 168 g/mol. The summed E-state index contributed by atoms with van der Waals surface area (Å²) in [5, 5.41) is 8.39. The number of carbonyl (C=O) groups is 1. The van der Waals surface area contributed by atoms with Gasteiger partial charge in [0.2, 0.25) is 0 Å². The fourth-order valence-corrected chi connectivity index (χ4v) is 2.32. The van der Waals surface area contributed by atoms with Crippen LogP contribution in [0.5, 0.6) is 0 Å². The van der Waals surface area contributed by atoms with Crippen LogP contribution in [0.4, 0.5) is 0 Å². The Labute approximate surface area is 75.3 Å². The van der Waals surface area contributed by atoms with Crippen molar-refractivity contribution in [1.82, 2.24) is 0 Å². The highest BCUT2D eigenvalue weighted by atomic mass is 28.3. The second-order valence-corrected chi connectivity index (χ2v) is 8.68. The van der Waals surface area contributed by atoms with Crippen LogP contribution in [0.2, 0.25) is 19.1 Å². The van der Waals surface area contributed by atoms with Crippen molar-refractivity contribution in [1.29, 1.82) is 0 Å². The minimum absolute atomic E-state index is 0.307. The second kappa shape index (κ2) is 5.14. The van der Waals surface area contributed by atoms with E-state index in [4.69, 9.17) is 5.11 Å². The van der Waals surface area contributed by atoms with Crippen LogP contribution in [-0.2, 0) is 4.79 Å². The molecule has 0 bridgehead atoms. The highest BCUT2D eigenvalue weighted by Gasteiger charge is 2.14. The average molecular weight is 186 g/mol. The minimum atomic E-state index is -1.18. The zero-order valence-corrected chi connectivity index (χ0v) is 8.97. The van der Waals surface area contributed by atoms with Gasteiger partial charge >= 0.3 is 5.97 Å². The Balaban J connectivity index is 3.43. The Morgan fingerprint density at radius 3 is 2.50 bits per heavy atom. The predicted molar refractivity (Wildman–Crippen MR) is 54.0 cm³/mol. The summed E-state index contributed by atoms with van der Waals surface area (Å²) in [5.74, 6) is -0.687. The number of unbranched alkanes of at least 4 members (excludes halogenated alkanes) is 1. The lowest BCUT2D eigenvalue weighted by Gasteiger charge is -2.15. The number of hydrogen-bond donors (Lipinski definition) is 1. The van der Waals surface area contributed by atoms with Gasteiger partial charge in [-0.25, -0.2) is 0 Å². The van der Waals surface area contributed by atoms with Crippen molar-refractivity contribution in [3.05, 3.63) is 12.3 Å². The lowest BCUT2D eigenvalue weighted by Crippen LogP contribution is -2.21. The maximum absolute atomic E-state index is 10.2. The molecule has 0 amide bonds. The van der Waals surface area contributed by atoms with Crippen LogP contribution in [0, 0.1) is 0 Å². The van der Waals surface area contributed by atoms with Gasteiger partial charge in [0.1, 0.15) is 0 Å². The zero-order chi connectivity index (χ0) is 9.61. The molecule has 0 rings (SSSR count). The molecule has 0 saturated carbocycles. The Bertz CT molecular complexity index is 164. The number of hydrogen-bond acceptors (Lipinski definition) is 1. The summed E-state index contributed by atoms with van der Waals surface area (Å²) in [6.45, 7) is 8.29. The number of carboxylic acids is 1. The molecule has 0 aromatic heterocycles. The first-order valence-corrected chi connectivity index (χ1v) is 7.62. The van der Waals surface area contributed by atoms with E-state index in [-0.39, 0.29) is 0 Å². The van der Waals surface area contributed by atoms with Gasteiger partial charge in [0, 0.05) is 6.42 Å². The van der Waals surface area contributed by atoms with Crippen LogP contribution in [0.25, 0.3) is 0 Å². The largest absolute Gasteiger partial charge is 0.481 e. The van der Waals surface area contributed by atoms with Gasteiger partial charge in [-0.2, -0.15) is 0 Å². The van der Waals surface area contributed by atoms with Gasteiger partial charge in [-0.05, 0) is 6.42 Å². The van der Waals surface area contributed by atoms with Gasteiger partial charge in [0.15, 0.2) is 0 Å². The van der Waals surface area contributed by atoms with E-state index in [1.165, 1.54) is 0 Å². The van der Waals surface area contributed by atoms with Gasteiger partial charge in [0.25, 0.3) is 0 Å². The standard InChI is InChI=1S/C9H18O2Si/c1-4-12(2,3)8-6-5-7-9(10)11/h4H,1,5-8H2,2-3H3,(H,10,11). The summed E-state index contributed by atoms with van der Waals surface area (Å²) in [4.78, 5) is 10.2. The fraction of sp³-hybridized carbons (Fsp3) is 0.667. The molecule has 0 aromatic rings. The van der Waals surface area contributed by atoms with E-state index in [1.54, 1.807) is 0 Å². The van der Waals surface area contributed by atoms with Crippen molar-refractivity contribution in [2.75, 3.05) is 0 Å². The van der Waals surface area contributed by atoms with E-state index in [1.807, 2.05) is 0 Å². The molecule has 3 heteroatoms. The third-order valence-electron chi connectivity index (χ3n) is 2.01. The van der Waals surface area contributed by atoms with Crippen molar-refractivity contribution in [3.8, 4) is 0 Å². The maximum Gasteiger partial charge on any atom is 0.303 e. The molecule has 0 heterocycles. The van der Waals surface area contributed by atoms with Crippen LogP contribution in [0.1, 0.15) is 19.3 Å². The summed E-state index contributed by atoms with van der Waals surface area (Å²) in [6, 6.07) is 1.16. The Kier molecular flexibility index (Phi) is 4.89. The SMILES string of the molecule is C=C[Si](C)(C)CCCCC(=O)O. The van der Waals surface area contributed by atoms with Crippen molar-refractivity contribution in [2.24, 2.45) is 0 Å². The quantitative estimate of drug-likeness (QED) is 0.511. The molecule has 0 aliphatic rings. The lowest BCUT2D eigenvalue weighted by atomic mass is 10.2.